The van der Waals surface area contributed by atoms with Crippen molar-refractivity contribution in [2.24, 2.45) is 0 Å². The number of fused-ring (bicyclic) bond motifs is 2. The number of carbonyl (C=O) groups is 1. The van der Waals surface area contributed by atoms with Crippen molar-refractivity contribution in [2.75, 3.05) is 31.3 Å². The molecule has 0 aliphatic rings. The van der Waals surface area contributed by atoms with Gasteiger partial charge < -0.3 is 18.9 Å². The summed E-state index contributed by atoms with van der Waals surface area (Å²) in [5.74, 6) is -0.763. The monoisotopic (exact) mass is 647 g/mol. The summed E-state index contributed by atoms with van der Waals surface area (Å²) < 4.78 is 74.9. The molecule has 8 nitrogen and oxygen atoms in total. The Morgan fingerprint density at radius 1 is 1.00 bits per heavy atom. The molecule has 0 spiro atoms. The lowest BCUT2D eigenvalue weighted by atomic mass is 9.96. The number of benzene rings is 4. The largest absolute Gasteiger partial charge is 0.496 e. The fraction of sp³-hybridized carbons (Fsp3) is 0.176. The van der Waals surface area contributed by atoms with Crippen LogP contribution in [0.2, 0.25) is 0 Å². The van der Waals surface area contributed by atoms with Gasteiger partial charge in [-0.2, -0.15) is 0 Å². The summed E-state index contributed by atoms with van der Waals surface area (Å²) >= 11 is 0. The van der Waals surface area contributed by atoms with Gasteiger partial charge in [0.25, 0.3) is 5.91 Å². The third-order valence-corrected chi connectivity index (χ3v) is 8.44. The van der Waals surface area contributed by atoms with Gasteiger partial charge in [0, 0.05) is 35.9 Å². The Morgan fingerprint density at radius 2 is 1.74 bits per heavy atom. The molecule has 0 radical (unpaired) electrons. The first-order valence-electron chi connectivity index (χ1n) is 14.2. The van der Waals surface area contributed by atoms with Gasteiger partial charge in [0.2, 0.25) is 5.89 Å². The minimum absolute atomic E-state index is 0.0542. The molecular formula is C34H28F3N3O5S. The minimum atomic E-state index is -1.68. The first kappa shape index (κ1) is 30.9. The van der Waals surface area contributed by atoms with Crippen molar-refractivity contribution in [3.8, 4) is 39.7 Å². The van der Waals surface area contributed by atoms with Gasteiger partial charge in [0.05, 0.1) is 30.5 Å². The number of nitrogens with zero attached hydrogens (tertiary/aromatic N) is 2. The average Bonchev–Trinajstić information content (AvgIpc) is 3.65. The molecule has 0 aliphatic carbocycles. The molecule has 1 amide bonds. The van der Waals surface area contributed by atoms with Crippen LogP contribution >= 0.6 is 0 Å². The third-order valence-electron chi connectivity index (χ3n) is 7.47. The van der Waals surface area contributed by atoms with Crippen LogP contribution < -0.4 is 14.4 Å². The fourth-order valence-corrected chi connectivity index (χ4v) is 6.21. The summed E-state index contributed by atoms with van der Waals surface area (Å²) in [6.45, 7) is 1.15. The van der Waals surface area contributed by atoms with Crippen molar-refractivity contribution in [2.45, 2.75) is 13.1 Å². The molecule has 12 heteroatoms. The van der Waals surface area contributed by atoms with E-state index in [1.54, 1.807) is 36.4 Å². The van der Waals surface area contributed by atoms with Gasteiger partial charge in [-0.05, 0) is 67.1 Å². The number of hydrogen-bond acceptors (Lipinski definition) is 6. The molecule has 2 aromatic heterocycles. The van der Waals surface area contributed by atoms with E-state index in [0.717, 1.165) is 0 Å². The molecule has 2 unspecified atom stereocenters. The number of carbonyl (C=O) groups excluding carboxylic acids is 1. The highest BCUT2D eigenvalue weighted by Gasteiger charge is 2.27. The number of para-hydroxylation sites is 1. The van der Waals surface area contributed by atoms with Gasteiger partial charge in [0.1, 0.15) is 45.6 Å². The maximum absolute atomic E-state index is 14.5. The number of nitrogens with one attached hydrogen (secondary N) is 1. The molecule has 6 aromatic rings. The molecule has 6 rings (SSSR count). The third kappa shape index (κ3) is 5.60. The van der Waals surface area contributed by atoms with E-state index in [4.69, 9.17) is 13.6 Å². The molecule has 0 aliphatic heterocycles. The van der Waals surface area contributed by atoms with Gasteiger partial charge in [-0.1, -0.05) is 12.1 Å². The number of alkyl halides is 1. The zero-order chi connectivity index (χ0) is 32.7. The smallest absolute Gasteiger partial charge is 0.255 e. The number of hydrogen-bond donors (Lipinski definition) is 1. The zero-order valence-electron chi connectivity index (χ0n) is 25.2. The van der Waals surface area contributed by atoms with Crippen molar-refractivity contribution in [3.63, 3.8) is 0 Å². The molecule has 2 heterocycles. The van der Waals surface area contributed by atoms with E-state index in [-0.39, 0.29) is 40.4 Å². The quantitative estimate of drug-likeness (QED) is 0.173. The molecule has 0 saturated heterocycles. The molecule has 236 valence electrons. The van der Waals surface area contributed by atoms with Crippen molar-refractivity contribution in [1.29, 1.82) is 0 Å². The summed E-state index contributed by atoms with van der Waals surface area (Å²) in [7, 11) is 1.28. The second-order valence-electron chi connectivity index (χ2n) is 10.5. The Bertz CT molecular complexity index is 2130. The molecule has 0 bridgehead atoms. The number of halogens is 3. The maximum Gasteiger partial charge on any atom is 0.255 e. The van der Waals surface area contributed by atoms with Crippen molar-refractivity contribution < 1.29 is 35.7 Å². The number of furan rings is 1. The molecule has 0 fully saturated rings. The van der Waals surface area contributed by atoms with Crippen molar-refractivity contribution >= 4 is 44.6 Å². The predicted molar refractivity (Wildman–Crippen MR) is 172 cm³/mol. The number of methoxy groups -OCH3 is 1. The summed E-state index contributed by atoms with van der Waals surface area (Å²) in [4.78, 5) is 17.7. The lowest BCUT2D eigenvalue weighted by Gasteiger charge is -2.25. The molecule has 2 atom stereocenters. The summed E-state index contributed by atoms with van der Waals surface area (Å²) in [5.41, 5.74) is 3.01. The standard InChI is InChI=1S/C34H28F3N3O5S/c1-18(35)17-40(46(4)42)26-16-29-23(30(33(41)38-2)32(44-29)19-8-11-21(36)12-9-19)15-22(26)20-10-13-27(43-3)24(14-20)34-39-31-25(37)6-5-7-28(31)45-34/h5-16,18H,17H2,1-4H3,(H,38,41). The average molecular weight is 648 g/mol. The van der Waals surface area contributed by atoms with E-state index in [9.17, 15) is 22.2 Å². The summed E-state index contributed by atoms with van der Waals surface area (Å²) in [6, 6.07) is 18.3. The first-order valence-corrected chi connectivity index (χ1v) is 15.7. The van der Waals surface area contributed by atoms with Crippen LogP contribution in [-0.4, -0.2) is 48.2 Å². The van der Waals surface area contributed by atoms with Crippen LogP contribution in [0.3, 0.4) is 0 Å². The van der Waals surface area contributed by atoms with Gasteiger partial charge in [-0.3, -0.25) is 9.10 Å². The second kappa shape index (κ2) is 12.4. The Hall–Kier alpha value is -5.10. The summed E-state index contributed by atoms with van der Waals surface area (Å²) in [6.07, 6.45) is 0.0892. The van der Waals surface area contributed by atoms with E-state index in [1.165, 1.54) is 68.0 Å². The normalized spacial score (nSPS) is 12.8. The summed E-state index contributed by atoms with van der Waals surface area (Å²) in [5, 5.41) is 3.05. The van der Waals surface area contributed by atoms with Gasteiger partial charge in [0.15, 0.2) is 11.4 Å². The predicted octanol–water partition coefficient (Wildman–Crippen LogP) is 7.68. The number of amides is 1. The lowest BCUT2D eigenvalue weighted by molar-refractivity contribution is 0.0964. The molecular weight excluding hydrogens is 619 g/mol. The van der Waals surface area contributed by atoms with Gasteiger partial charge >= 0.3 is 0 Å². The second-order valence-corrected chi connectivity index (χ2v) is 11.8. The van der Waals surface area contributed by atoms with Crippen LogP contribution in [0.25, 0.3) is 56.0 Å². The highest BCUT2D eigenvalue weighted by atomic mass is 32.2. The number of rotatable bonds is 9. The fourth-order valence-electron chi connectivity index (χ4n) is 5.37. The Morgan fingerprint density at radius 3 is 2.39 bits per heavy atom. The number of ether oxygens (including phenoxy) is 1. The van der Waals surface area contributed by atoms with Gasteiger partial charge in [-0.25, -0.2) is 22.4 Å². The van der Waals surface area contributed by atoms with E-state index in [0.29, 0.717) is 39.1 Å². The highest BCUT2D eigenvalue weighted by molar-refractivity contribution is 7.85. The zero-order valence-corrected chi connectivity index (χ0v) is 26.0. The highest BCUT2D eigenvalue weighted by Crippen LogP contribution is 2.43. The van der Waals surface area contributed by atoms with Crippen molar-refractivity contribution in [1.82, 2.24) is 10.3 Å². The Kier molecular flexibility index (Phi) is 8.30. The van der Waals surface area contributed by atoms with E-state index in [1.807, 2.05) is 0 Å². The van der Waals surface area contributed by atoms with Crippen LogP contribution in [0.15, 0.2) is 81.6 Å². The van der Waals surface area contributed by atoms with E-state index < -0.39 is 34.7 Å². The number of aromatic nitrogens is 1. The minimum Gasteiger partial charge on any atom is -0.496 e. The topological polar surface area (TPSA) is 97.8 Å². The van der Waals surface area contributed by atoms with Gasteiger partial charge in [-0.15, -0.1) is 0 Å². The van der Waals surface area contributed by atoms with Crippen LogP contribution in [0.1, 0.15) is 17.3 Å². The van der Waals surface area contributed by atoms with Crippen LogP contribution in [-0.2, 0) is 11.0 Å². The maximum atomic E-state index is 14.5. The lowest BCUT2D eigenvalue weighted by Crippen LogP contribution is -2.31. The molecule has 0 saturated carbocycles. The van der Waals surface area contributed by atoms with E-state index >= 15 is 0 Å². The number of anilines is 1. The SMILES string of the molecule is CNC(=O)c1c(-c2ccc(F)cc2)oc2cc(N(CC(C)F)S(C)=O)c(-c3ccc(OC)c(-c4nc5c(F)cccc5o4)c3)cc12. The molecule has 4 aromatic carbocycles. The first-order chi connectivity index (χ1) is 22.1. The van der Waals surface area contributed by atoms with Crippen LogP contribution in [0.5, 0.6) is 5.75 Å². The van der Waals surface area contributed by atoms with E-state index in [2.05, 4.69) is 10.3 Å². The molecule has 1 N–H and O–H groups in total. The van der Waals surface area contributed by atoms with Crippen molar-refractivity contribution in [3.05, 3.63) is 90.0 Å². The van der Waals surface area contributed by atoms with Crippen LogP contribution in [0.4, 0.5) is 18.9 Å². The molecule has 46 heavy (non-hydrogen) atoms. The Balaban J connectivity index is 1.64. The Labute approximate surface area is 264 Å². The number of oxazole rings is 1. The van der Waals surface area contributed by atoms with Crippen LogP contribution in [0, 0.1) is 11.6 Å².